The Morgan fingerprint density at radius 2 is 1.22 bits per heavy atom. The molecule has 0 aliphatic heterocycles. The maximum Gasteiger partial charge on any atom is 0.573 e. The predicted molar refractivity (Wildman–Crippen MR) is 144 cm³/mol. The van der Waals surface area contributed by atoms with Gasteiger partial charge in [-0.05, 0) is 90.6 Å². The Labute approximate surface area is 218 Å². The van der Waals surface area contributed by atoms with Crippen LogP contribution in [0.3, 0.4) is 0 Å². The summed E-state index contributed by atoms with van der Waals surface area (Å²) in [4.78, 5) is 0. The Hall–Kier alpha value is -3.45. The molecule has 37 heavy (non-hydrogen) atoms. The molecule has 4 heteroatoms. The highest BCUT2D eigenvalue weighted by atomic mass is 19.4. The number of halogens is 3. The van der Waals surface area contributed by atoms with Gasteiger partial charge in [0.2, 0.25) is 0 Å². The highest BCUT2D eigenvalue weighted by molar-refractivity contribution is 5.64. The summed E-state index contributed by atoms with van der Waals surface area (Å²) in [6.07, 6.45) is 7.72. The van der Waals surface area contributed by atoms with E-state index in [1.165, 1.54) is 73.9 Å². The smallest absolute Gasteiger partial charge is 0.406 e. The molecule has 3 aromatic carbocycles. The van der Waals surface area contributed by atoms with Crippen molar-refractivity contribution < 1.29 is 17.9 Å². The first-order chi connectivity index (χ1) is 17.9. The number of hydrogen-bond acceptors (Lipinski definition) is 1. The topological polar surface area (TPSA) is 9.23 Å². The van der Waals surface area contributed by atoms with Crippen LogP contribution in [0.5, 0.6) is 5.75 Å². The second-order valence-corrected chi connectivity index (χ2v) is 9.89. The highest BCUT2D eigenvalue weighted by Crippen LogP contribution is 2.34. The van der Waals surface area contributed by atoms with Gasteiger partial charge in [0, 0.05) is 11.1 Å². The van der Waals surface area contributed by atoms with Crippen LogP contribution >= 0.6 is 0 Å². The zero-order chi connectivity index (χ0) is 26.1. The number of rotatable bonds is 8. The van der Waals surface area contributed by atoms with E-state index in [1.807, 2.05) is 30.3 Å². The lowest BCUT2D eigenvalue weighted by atomic mass is 9.78. The van der Waals surface area contributed by atoms with Crippen molar-refractivity contribution in [3.63, 3.8) is 0 Å². The van der Waals surface area contributed by atoms with Gasteiger partial charge in [-0.2, -0.15) is 0 Å². The monoisotopic (exact) mass is 502 g/mol. The minimum absolute atomic E-state index is 0.254. The van der Waals surface area contributed by atoms with Gasteiger partial charge in [0.25, 0.3) is 0 Å². The molecule has 1 aliphatic carbocycles. The first kappa shape index (κ1) is 26.6. The fourth-order valence-electron chi connectivity index (χ4n) is 5.03. The van der Waals surface area contributed by atoms with Crippen molar-refractivity contribution in [2.75, 3.05) is 0 Å². The minimum Gasteiger partial charge on any atom is -0.406 e. The molecule has 0 amide bonds. The van der Waals surface area contributed by atoms with E-state index in [1.54, 1.807) is 0 Å². The number of aryl methyl sites for hydroxylation is 1. The summed E-state index contributed by atoms with van der Waals surface area (Å²) in [6, 6.07) is 22.4. The van der Waals surface area contributed by atoms with E-state index in [0.29, 0.717) is 5.56 Å². The molecule has 3 aromatic rings. The van der Waals surface area contributed by atoms with E-state index in [4.69, 9.17) is 0 Å². The average Bonchev–Trinajstić information content (AvgIpc) is 2.91. The van der Waals surface area contributed by atoms with Crippen molar-refractivity contribution in [1.29, 1.82) is 0 Å². The lowest BCUT2D eigenvalue weighted by Gasteiger charge is -2.28. The van der Waals surface area contributed by atoms with Crippen molar-refractivity contribution in [3.05, 3.63) is 102 Å². The van der Waals surface area contributed by atoms with Crippen LogP contribution in [0, 0.1) is 23.7 Å². The summed E-state index contributed by atoms with van der Waals surface area (Å²) in [5.41, 5.74) is 5.16. The van der Waals surface area contributed by atoms with Crippen molar-refractivity contribution in [1.82, 2.24) is 0 Å². The van der Waals surface area contributed by atoms with Crippen LogP contribution in [0.1, 0.15) is 61.6 Å². The Balaban J connectivity index is 1.27. The Kier molecular flexibility index (Phi) is 9.12. The SMILES string of the molecule is C=CCC[C@H]1CC[C@H](CCc2ccc(-c3ccc(C#Cc4ccc(OC(F)(F)F)cc4)cc3)cc2)CC1. The maximum atomic E-state index is 12.3. The lowest BCUT2D eigenvalue weighted by Crippen LogP contribution is -2.16. The molecule has 1 nitrogen and oxygen atoms in total. The summed E-state index contributed by atoms with van der Waals surface area (Å²) in [5.74, 6) is 7.55. The molecule has 4 rings (SSSR count). The average molecular weight is 503 g/mol. The van der Waals surface area contributed by atoms with Gasteiger partial charge >= 0.3 is 6.36 Å². The van der Waals surface area contributed by atoms with Crippen LogP contribution in [0.4, 0.5) is 13.2 Å². The third-order valence-corrected chi connectivity index (χ3v) is 7.20. The van der Waals surface area contributed by atoms with Crippen LogP contribution in [0.2, 0.25) is 0 Å². The number of benzene rings is 3. The van der Waals surface area contributed by atoms with Gasteiger partial charge in [-0.15, -0.1) is 19.8 Å². The summed E-state index contributed by atoms with van der Waals surface area (Å²) < 4.78 is 40.7. The van der Waals surface area contributed by atoms with E-state index in [9.17, 15) is 13.2 Å². The quantitative estimate of drug-likeness (QED) is 0.220. The molecule has 0 bridgehead atoms. The van der Waals surface area contributed by atoms with Gasteiger partial charge in [-0.25, -0.2) is 0 Å². The fraction of sp³-hybridized carbons (Fsp3) is 0.333. The third kappa shape index (κ3) is 8.57. The van der Waals surface area contributed by atoms with E-state index in [0.717, 1.165) is 35.8 Å². The largest absolute Gasteiger partial charge is 0.573 e. The van der Waals surface area contributed by atoms with Crippen LogP contribution in [-0.2, 0) is 6.42 Å². The number of hydrogen-bond donors (Lipinski definition) is 0. The van der Waals surface area contributed by atoms with E-state index < -0.39 is 6.36 Å². The molecule has 192 valence electrons. The second-order valence-electron chi connectivity index (χ2n) is 9.89. The molecular formula is C33H33F3O. The van der Waals surface area contributed by atoms with E-state index >= 15 is 0 Å². The van der Waals surface area contributed by atoms with Crippen molar-refractivity contribution in [3.8, 4) is 28.7 Å². The van der Waals surface area contributed by atoms with Gasteiger partial charge in [0.1, 0.15) is 5.75 Å². The summed E-state index contributed by atoms with van der Waals surface area (Å²) in [7, 11) is 0. The van der Waals surface area contributed by atoms with Gasteiger partial charge < -0.3 is 4.74 Å². The standard InChI is InChI=1S/C33H33F3O/c1-2-3-4-25-5-7-26(8-6-25)9-10-27-13-19-30(20-14-27)31-21-15-28(16-22-31)11-12-29-17-23-32(24-18-29)37-33(34,35)36/h2,13-26H,1,3-10H2/t25-,26-. The van der Waals surface area contributed by atoms with Gasteiger partial charge in [-0.1, -0.05) is 80.0 Å². The van der Waals surface area contributed by atoms with Crippen LogP contribution in [0.15, 0.2) is 85.5 Å². The maximum absolute atomic E-state index is 12.3. The number of allylic oxidation sites excluding steroid dienone is 1. The molecular weight excluding hydrogens is 469 g/mol. The Morgan fingerprint density at radius 1 is 0.730 bits per heavy atom. The van der Waals surface area contributed by atoms with Crippen molar-refractivity contribution in [2.45, 2.75) is 57.7 Å². The predicted octanol–water partition coefficient (Wildman–Crippen LogP) is 9.36. The van der Waals surface area contributed by atoms with Crippen LogP contribution < -0.4 is 4.74 Å². The molecule has 0 saturated heterocycles. The molecule has 1 aliphatic rings. The van der Waals surface area contributed by atoms with Gasteiger partial charge in [0.15, 0.2) is 0 Å². The Bertz CT molecular complexity index is 1190. The molecule has 0 unspecified atom stereocenters. The van der Waals surface area contributed by atoms with E-state index in [-0.39, 0.29) is 5.75 Å². The summed E-state index contributed by atoms with van der Waals surface area (Å²) in [6.45, 7) is 3.85. The van der Waals surface area contributed by atoms with Crippen LogP contribution in [0.25, 0.3) is 11.1 Å². The molecule has 0 spiro atoms. The summed E-state index contributed by atoms with van der Waals surface area (Å²) >= 11 is 0. The lowest BCUT2D eigenvalue weighted by molar-refractivity contribution is -0.274. The molecule has 1 fully saturated rings. The number of alkyl halides is 3. The van der Waals surface area contributed by atoms with Crippen LogP contribution in [-0.4, -0.2) is 6.36 Å². The highest BCUT2D eigenvalue weighted by Gasteiger charge is 2.30. The van der Waals surface area contributed by atoms with Crippen molar-refractivity contribution >= 4 is 0 Å². The zero-order valence-electron chi connectivity index (χ0n) is 21.1. The molecule has 1 saturated carbocycles. The molecule has 0 atom stereocenters. The Morgan fingerprint density at radius 3 is 1.73 bits per heavy atom. The molecule has 0 aromatic heterocycles. The normalized spacial score (nSPS) is 17.5. The molecule has 0 radical (unpaired) electrons. The van der Waals surface area contributed by atoms with E-state index in [2.05, 4.69) is 47.4 Å². The summed E-state index contributed by atoms with van der Waals surface area (Å²) in [5, 5.41) is 0. The first-order valence-corrected chi connectivity index (χ1v) is 13.1. The second kappa shape index (κ2) is 12.7. The van der Waals surface area contributed by atoms with Gasteiger partial charge in [0.05, 0.1) is 0 Å². The van der Waals surface area contributed by atoms with Crippen molar-refractivity contribution in [2.24, 2.45) is 11.8 Å². The third-order valence-electron chi connectivity index (χ3n) is 7.20. The molecule has 0 heterocycles. The number of ether oxygens (including phenoxy) is 1. The molecule has 0 N–H and O–H groups in total. The first-order valence-electron chi connectivity index (χ1n) is 13.1. The zero-order valence-corrected chi connectivity index (χ0v) is 21.1. The van der Waals surface area contributed by atoms with Gasteiger partial charge in [-0.3, -0.25) is 0 Å². The minimum atomic E-state index is -4.69. The fourth-order valence-corrected chi connectivity index (χ4v) is 5.03.